The van der Waals surface area contributed by atoms with Gasteiger partial charge in [-0.05, 0) is 5.53 Å². The van der Waals surface area contributed by atoms with Crippen LogP contribution in [-0.4, -0.2) is 34.4 Å². The Bertz CT molecular complexity index is 312. The zero-order valence-corrected chi connectivity index (χ0v) is 6.64. The van der Waals surface area contributed by atoms with Gasteiger partial charge in [0.05, 0.1) is 6.20 Å². The van der Waals surface area contributed by atoms with E-state index < -0.39 is 0 Å². The van der Waals surface area contributed by atoms with Crippen molar-refractivity contribution in [3.63, 3.8) is 0 Å². The van der Waals surface area contributed by atoms with Gasteiger partial charge in [-0.15, -0.1) is 0 Å². The van der Waals surface area contributed by atoms with Gasteiger partial charge in [-0.3, -0.25) is 4.79 Å². The van der Waals surface area contributed by atoms with Gasteiger partial charge >= 0.3 is 0 Å². The molecule has 8 heteroatoms. The molecule has 0 radical (unpaired) electrons. The summed E-state index contributed by atoms with van der Waals surface area (Å²) in [6.07, 6.45) is 1.31. The van der Waals surface area contributed by atoms with Crippen LogP contribution in [0, 0.1) is 0 Å². The minimum atomic E-state index is -0.345. The predicted molar refractivity (Wildman–Crippen MR) is 42.7 cm³/mol. The van der Waals surface area contributed by atoms with Crippen LogP contribution in [0.15, 0.2) is 11.3 Å². The van der Waals surface area contributed by atoms with Gasteiger partial charge in [-0.25, -0.2) is 0 Å². The number of aromatic amines is 1. The lowest BCUT2D eigenvalue weighted by molar-refractivity contribution is 0.0950. The molecular weight excluding hydrogens is 174 g/mol. The van der Waals surface area contributed by atoms with Crippen LogP contribution < -0.4 is 5.32 Å². The number of rotatable bonds is 4. The van der Waals surface area contributed by atoms with E-state index in [1.54, 1.807) is 0 Å². The van der Waals surface area contributed by atoms with Crippen molar-refractivity contribution in [2.45, 2.75) is 0 Å². The smallest absolute Gasteiger partial charge is 0.273 e. The number of H-pyrrole nitrogens is 1. The number of aromatic nitrogens is 3. The predicted octanol–water partition coefficient (Wildman–Crippen LogP) is -0.155. The normalized spacial score (nSPS) is 8.92. The molecule has 0 saturated carbocycles. The van der Waals surface area contributed by atoms with Crippen molar-refractivity contribution in [1.29, 1.82) is 0 Å². The SMILES string of the molecule is [N-]=[N+]=NCCNC(=O)c1cn[nH]n1. The van der Waals surface area contributed by atoms with Crippen molar-refractivity contribution >= 4 is 5.91 Å². The molecule has 1 heterocycles. The van der Waals surface area contributed by atoms with Gasteiger partial charge in [-0.2, -0.15) is 15.4 Å². The van der Waals surface area contributed by atoms with Crippen molar-refractivity contribution in [2.75, 3.05) is 13.1 Å². The summed E-state index contributed by atoms with van der Waals surface area (Å²) in [7, 11) is 0. The van der Waals surface area contributed by atoms with Gasteiger partial charge in [0, 0.05) is 18.0 Å². The van der Waals surface area contributed by atoms with Crippen molar-refractivity contribution < 1.29 is 4.79 Å². The maximum Gasteiger partial charge on any atom is 0.273 e. The Morgan fingerprint density at radius 2 is 2.69 bits per heavy atom. The third-order valence-corrected chi connectivity index (χ3v) is 1.21. The Kier molecular flexibility index (Phi) is 3.28. The molecule has 0 aromatic carbocycles. The number of carbonyl (C=O) groups is 1. The first-order valence-corrected chi connectivity index (χ1v) is 3.49. The third kappa shape index (κ3) is 2.80. The van der Waals surface area contributed by atoms with Crippen LogP contribution in [-0.2, 0) is 0 Å². The Labute approximate surface area is 73.0 Å². The van der Waals surface area contributed by atoms with Crippen molar-refractivity contribution in [3.05, 3.63) is 22.3 Å². The lowest BCUT2D eigenvalue weighted by Crippen LogP contribution is -2.26. The number of nitrogens with one attached hydrogen (secondary N) is 2. The summed E-state index contributed by atoms with van der Waals surface area (Å²) in [5.41, 5.74) is 8.14. The van der Waals surface area contributed by atoms with Crippen LogP contribution in [0.3, 0.4) is 0 Å². The summed E-state index contributed by atoms with van der Waals surface area (Å²) in [6, 6.07) is 0. The Hall–Kier alpha value is -2.08. The summed E-state index contributed by atoms with van der Waals surface area (Å²) < 4.78 is 0. The van der Waals surface area contributed by atoms with Crippen LogP contribution in [0.1, 0.15) is 10.5 Å². The van der Waals surface area contributed by atoms with Crippen LogP contribution in [0.2, 0.25) is 0 Å². The van der Waals surface area contributed by atoms with Crippen LogP contribution in [0.5, 0.6) is 0 Å². The van der Waals surface area contributed by atoms with Crippen molar-refractivity contribution in [3.8, 4) is 0 Å². The number of hydrogen-bond donors (Lipinski definition) is 2. The third-order valence-electron chi connectivity index (χ3n) is 1.21. The van der Waals surface area contributed by atoms with E-state index >= 15 is 0 Å². The summed E-state index contributed by atoms with van der Waals surface area (Å²) in [6.45, 7) is 0.510. The zero-order valence-electron chi connectivity index (χ0n) is 6.64. The standard InChI is InChI=1S/C5H7N7O/c6-11-8-2-1-7-5(13)4-3-9-12-10-4/h3H,1-2H2,(H,7,13)(H,9,10,12). The zero-order chi connectivity index (χ0) is 9.52. The molecule has 0 saturated heterocycles. The summed E-state index contributed by atoms with van der Waals surface area (Å²) >= 11 is 0. The molecule has 0 aliphatic heterocycles. The first-order chi connectivity index (χ1) is 6.34. The van der Waals surface area contributed by atoms with Gasteiger partial charge in [0.2, 0.25) is 0 Å². The van der Waals surface area contributed by atoms with E-state index in [9.17, 15) is 4.79 Å². The minimum absolute atomic E-state index is 0.209. The molecule has 0 spiro atoms. The fraction of sp³-hybridized carbons (Fsp3) is 0.400. The van der Waals surface area contributed by atoms with E-state index in [1.165, 1.54) is 6.20 Å². The molecule has 0 fully saturated rings. The Balaban J connectivity index is 2.30. The molecule has 1 aromatic heterocycles. The van der Waals surface area contributed by atoms with E-state index in [-0.39, 0.29) is 24.7 Å². The molecule has 0 atom stereocenters. The first kappa shape index (κ1) is 9.01. The van der Waals surface area contributed by atoms with Crippen LogP contribution >= 0.6 is 0 Å². The number of hydrogen-bond acceptors (Lipinski definition) is 4. The van der Waals surface area contributed by atoms with Gasteiger partial charge in [0.25, 0.3) is 5.91 Å². The second-order valence-corrected chi connectivity index (χ2v) is 2.07. The molecule has 1 amide bonds. The Morgan fingerprint density at radius 3 is 3.31 bits per heavy atom. The maximum absolute atomic E-state index is 11.1. The van der Waals surface area contributed by atoms with Gasteiger partial charge < -0.3 is 5.32 Å². The fourth-order valence-electron chi connectivity index (χ4n) is 0.666. The van der Waals surface area contributed by atoms with Crippen LogP contribution in [0.4, 0.5) is 0 Å². The Morgan fingerprint density at radius 1 is 1.85 bits per heavy atom. The van der Waals surface area contributed by atoms with Gasteiger partial charge in [0.1, 0.15) is 0 Å². The molecule has 1 rings (SSSR count). The molecule has 13 heavy (non-hydrogen) atoms. The monoisotopic (exact) mass is 181 g/mol. The lowest BCUT2D eigenvalue weighted by atomic mass is 10.4. The number of carbonyl (C=O) groups excluding carboxylic acids is 1. The summed E-state index contributed by atoms with van der Waals surface area (Å²) in [4.78, 5) is 13.6. The van der Waals surface area contributed by atoms with Crippen LogP contribution in [0.25, 0.3) is 10.4 Å². The molecule has 0 unspecified atom stereocenters. The average Bonchev–Trinajstić information content (AvgIpc) is 2.65. The highest BCUT2D eigenvalue weighted by atomic mass is 16.1. The topological polar surface area (TPSA) is 119 Å². The second-order valence-electron chi connectivity index (χ2n) is 2.07. The minimum Gasteiger partial charge on any atom is -0.350 e. The molecule has 0 aliphatic rings. The number of amides is 1. The average molecular weight is 181 g/mol. The molecule has 0 bridgehead atoms. The van der Waals surface area contributed by atoms with Crippen molar-refractivity contribution in [1.82, 2.24) is 20.7 Å². The molecule has 2 N–H and O–H groups in total. The summed E-state index contributed by atoms with van der Waals surface area (Å²) in [5, 5.41) is 15.1. The van der Waals surface area contributed by atoms with E-state index in [1.807, 2.05) is 0 Å². The van der Waals surface area contributed by atoms with E-state index in [4.69, 9.17) is 5.53 Å². The van der Waals surface area contributed by atoms with E-state index in [0.717, 1.165) is 0 Å². The van der Waals surface area contributed by atoms with Gasteiger partial charge in [0.15, 0.2) is 5.69 Å². The highest BCUT2D eigenvalue weighted by molar-refractivity contribution is 5.91. The second kappa shape index (κ2) is 4.73. The maximum atomic E-state index is 11.1. The molecular formula is C5H7N7O. The lowest BCUT2D eigenvalue weighted by Gasteiger charge is -1.97. The fourth-order valence-corrected chi connectivity index (χ4v) is 0.666. The van der Waals surface area contributed by atoms with E-state index in [2.05, 4.69) is 30.8 Å². The quantitative estimate of drug-likeness (QED) is 0.290. The van der Waals surface area contributed by atoms with Crippen molar-refractivity contribution in [2.24, 2.45) is 5.11 Å². The molecule has 68 valence electrons. The molecule has 8 nitrogen and oxygen atoms in total. The highest BCUT2D eigenvalue weighted by Gasteiger charge is 2.05. The summed E-state index contributed by atoms with van der Waals surface area (Å²) in [5.74, 6) is -0.345. The molecule has 0 aliphatic carbocycles. The first-order valence-electron chi connectivity index (χ1n) is 3.49. The molecule has 1 aromatic rings. The van der Waals surface area contributed by atoms with E-state index in [0.29, 0.717) is 0 Å². The number of azide groups is 1. The largest absolute Gasteiger partial charge is 0.350 e. The highest BCUT2D eigenvalue weighted by Crippen LogP contribution is 1.86. The van der Waals surface area contributed by atoms with Gasteiger partial charge in [-0.1, -0.05) is 5.11 Å². The number of nitrogens with zero attached hydrogens (tertiary/aromatic N) is 5.